The fraction of sp³-hybridized carbons (Fsp3) is 0.583. The van der Waals surface area contributed by atoms with Crippen molar-refractivity contribution < 1.29 is 4.74 Å². The molecule has 1 aliphatic heterocycles. The van der Waals surface area contributed by atoms with E-state index in [2.05, 4.69) is 27.4 Å². The number of hydrogen-bond acceptors (Lipinski definition) is 7. The maximum absolute atomic E-state index is 5.69. The second-order valence-electron chi connectivity index (χ2n) is 4.41. The highest BCUT2D eigenvalue weighted by atomic mass is 32.1. The minimum atomic E-state index is 0.179. The molecule has 1 saturated heterocycles. The molecule has 1 unspecified atom stereocenters. The maximum atomic E-state index is 5.69. The van der Waals surface area contributed by atoms with Gasteiger partial charge in [0.05, 0.1) is 10.6 Å². The van der Waals surface area contributed by atoms with E-state index in [0.717, 1.165) is 51.7 Å². The van der Waals surface area contributed by atoms with E-state index < -0.39 is 0 Å². The second kappa shape index (κ2) is 5.52. The van der Waals surface area contributed by atoms with Crippen LogP contribution in [0.5, 0.6) is 0 Å². The van der Waals surface area contributed by atoms with Crippen LogP contribution in [-0.4, -0.2) is 28.3 Å². The Morgan fingerprint density at radius 3 is 3.00 bits per heavy atom. The van der Waals surface area contributed by atoms with Gasteiger partial charge in [-0.15, -0.1) is 21.5 Å². The summed E-state index contributed by atoms with van der Waals surface area (Å²) in [5.74, 6) is 0. The van der Waals surface area contributed by atoms with Gasteiger partial charge in [-0.1, -0.05) is 11.3 Å². The van der Waals surface area contributed by atoms with E-state index in [0.29, 0.717) is 0 Å². The molecule has 5 nitrogen and oxygen atoms in total. The van der Waals surface area contributed by atoms with Crippen molar-refractivity contribution in [2.75, 3.05) is 18.5 Å². The molecule has 0 radical (unpaired) electrons. The zero-order chi connectivity index (χ0) is 13.2. The van der Waals surface area contributed by atoms with Gasteiger partial charge < -0.3 is 10.1 Å². The molecule has 1 atom stereocenters. The summed E-state index contributed by atoms with van der Waals surface area (Å²) in [6.07, 6.45) is 2.38. The summed E-state index contributed by atoms with van der Waals surface area (Å²) >= 11 is 3.26. The number of ether oxygens (including phenoxy) is 1. The number of rotatable bonds is 4. The molecule has 0 amide bonds. The molecule has 0 aliphatic carbocycles. The highest BCUT2D eigenvalue weighted by Crippen LogP contribution is 2.38. The highest BCUT2D eigenvalue weighted by Gasteiger charge is 2.23. The standard InChI is InChI=1S/C12H16N4OS2/c1-3-13-12-16-15-11(19-12)9-7(2)14-10(18-9)8-5-4-6-17-8/h8H,3-6H2,1-2H3,(H,13,16). The maximum Gasteiger partial charge on any atom is 0.206 e. The van der Waals surface area contributed by atoms with E-state index in [1.165, 1.54) is 0 Å². The number of thiazole rings is 1. The van der Waals surface area contributed by atoms with E-state index >= 15 is 0 Å². The Bertz CT molecular complexity index is 560. The average Bonchev–Trinajstić information content (AvgIpc) is 3.08. The van der Waals surface area contributed by atoms with E-state index in [1.54, 1.807) is 22.7 Å². The number of nitrogens with zero attached hydrogens (tertiary/aromatic N) is 3. The van der Waals surface area contributed by atoms with E-state index in [-0.39, 0.29) is 6.10 Å². The lowest BCUT2D eigenvalue weighted by Gasteiger charge is -2.02. The lowest BCUT2D eigenvalue weighted by Crippen LogP contribution is -1.94. The predicted octanol–water partition coefficient (Wildman–Crippen LogP) is 3.25. The molecule has 7 heteroatoms. The number of nitrogens with one attached hydrogen (secondary N) is 1. The normalized spacial score (nSPS) is 18.9. The Labute approximate surface area is 120 Å². The first-order chi connectivity index (χ1) is 9.28. The molecule has 1 aliphatic rings. The monoisotopic (exact) mass is 296 g/mol. The summed E-state index contributed by atoms with van der Waals surface area (Å²) in [5.41, 5.74) is 1.02. The molecule has 1 N–H and O–H groups in total. The van der Waals surface area contributed by atoms with Crippen molar-refractivity contribution in [3.63, 3.8) is 0 Å². The van der Waals surface area contributed by atoms with Crippen LogP contribution in [-0.2, 0) is 4.74 Å². The number of hydrogen-bond donors (Lipinski definition) is 1. The molecule has 2 aromatic rings. The fourth-order valence-corrected chi connectivity index (χ4v) is 4.15. The zero-order valence-electron chi connectivity index (χ0n) is 11.0. The summed E-state index contributed by atoms with van der Waals surface area (Å²) in [6.45, 7) is 5.78. The summed E-state index contributed by atoms with van der Waals surface area (Å²) in [5, 5.41) is 14.4. The molecule has 0 aromatic carbocycles. The lowest BCUT2D eigenvalue weighted by atomic mass is 10.2. The van der Waals surface area contributed by atoms with Crippen LogP contribution in [0.4, 0.5) is 5.13 Å². The summed E-state index contributed by atoms with van der Waals surface area (Å²) in [6, 6.07) is 0. The van der Waals surface area contributed by atoms with Gasteiger partial charge in [-0.2, -0.15) is 0 Å². The van der Waals surface area contributed by atoms with Crippen LogP contribution < -0.4 is 5.32 Å². The second-order valence-corrected chi connectivity index (χ2v) is 6.42. The minimum absolute atomic E-state index is 0.179. The van der Waals surface area contributed by atoms with Crippen LogP contribution in [0.2, 0.25) is 0 Å². The number of anilines is 1. The molecule has 0 bridgehead atoms. The quantitative estimate of drug-likeness (QED) is 0.938. The van der Waals surface area contributed by atoms with E-state index in [1.807, 2.05) is 6.92 Å². The fourth-order valence-electron chi connectivity index (χ4n) is 2.06. The van der Waals surface area contributed by atoms with Crippen LogP contribution in [0, 0.1) is 6.92 Å². The largest absolute Gasteiger partial charge is 0.371 e. The van der Waals surface area contributed by atoms with Crippen LogP contribution in [0.1, 0.15) is 36.6 Å². The summed E-state index contributed by atoms with van der Waals surface area (Å²) in [4.78, 5) is 5.75. The molecule has 102 valence electrons. The van der Waals surface area contributed by atoms with Crippen molar-refractivity contribution >= 4 is 27.8 Å². The predicted molar refractivity (Wildman–Crippen MR) is 77.8 cm³/mol. The first kappa shape index (κ1) is 13.0. The third-order valence-corrected chi connectivity index (χ3v) is 5.25. The molecule has 3 heterocycles. The molecule has 0 spiro atoms. The highest BCUT2D eigenvalue weighted by molar-refractivity contribution is 7.23. The van der Waals surface area contributed by atoms with Crippen molar-refractivity contribution in [3.8, 4) is 9.88 Å². The molecule has 1 fully saturated rings. The molecule has 2 aromatic heterocycles. The number of aromatic nitrogens is 3. The lowest BCUT2D eigenvalue weighted by molar-refractivity contribution is 0.111. The van der Waals surface area contributed by atoms with Gasteiger partial charge in [0.1, 0.15) is 11.1 Å². The van der Waals surface area contributed by atoms with Crippen molar-refractivity contribution in [2.24, 2.45) is 0 Å². The smallest absolute Gasteiger partial charge is 0.206 e. The first-order valence-corrected chi connectivity index (χ1v) is 8.08. The van der Waals surface area contributed by atoms with Crippen molar-refractivity contribution in [2.45, 2.75) is 32.8 Å². The third-order valence-electron chi connectivity index (χ3n) is 2.97. The van der Waals surface area contributed by atoms with Gasteiger partial charge in [0.25, 0.3) is 0 Å². The average molecular weight is 296 g/mol. The van der Waals surface area contributed by atoms with Crippen LogP contribution in [0.3, 0.4) is 0 Å². The van der Waals surface area contributed by atoms with E-state index in [9.17, 15) is 0 Å². The van der Waals surface area contributed by atoms with Crippen molar-refractivity contribution in [3.05, 3.63) is 10.7 Å². The molecule has 0 saturated carbocycles. The van der Waals surface area contributed by atoms with Crippen LogP contribution in [0.15, 0.2) is 0 Å². The Kier molecular flexibility index (Phi) is 3.76. The van der Waals surface area contributed by atoms with Crippen LogP contribution in [0.25, 0.3) is 9.88 Å². The Morgan fingerprint density at radius 2 is 2.26 bits per heavy atom. The van der Waals surface area contributed by atoms with Gasteiger partial charge in [-0.25, -0.2) is 4.98 Å². The number of aryl methyl sites for hydroxylation is 1. The van der Waals surface area contributed by atoms with Crippen molar-refractivity contribution in [1.82, 2.24) is 15.2 Å². The molecular formula is C12H16N4OS2. The third kappa shape index (κ3) is 2.63. The minimum Gasteiger partial charge on any atom is -0.371 e. The van der Waals surface area contributed by atoms with Gasteiger partial charge >= 0.3 is 0 Å². The Morgan fingerprint density at radius 1 is 1.37 bits per heavy atom. The molecular weight excluding hydrogens is 280 g/mol. The topological polar surface area (TPSA) is 59.9 Å². The van der Waals surface area contributed by atoms with Crippen molar-refractivity contribution in [1.29, 1.82) is 0 Å². The summed E-state index contributed by atoms with van der Waals surface area (Å²) in [7, 11) is 0. The van der Waals surface area contributed by atoms with Gasteiger partial charge in [-0.3, -0.25) is 0 Å². The molecule has 3 rings (SSSR count). The van der Waals surface area contributed by atoms with Crippen LogP contribution >= 0.6 is 22.7 Å². The van der Waals surface area contributed by atoms with E-state index in [4.69, 9.17) is 4.74 Å². The Hall–Kier alpha value is -1.05. The SMILES string of the molecule is CCNc1nnc(-c2sc(C3CCCO3)nc2C)s1. The van der Waals surface area contributed by atoms with Gasteiger partial charge in [0.15, 0.2) is 5.01 Å². The first-order valence-electron chi connectivity index (χ1n) is 6.44. The van der Waals surface area contributed by atoms with Gasteiger partial charge in [-0.05, 0) is 26.7 Å². The zero-order valence-corrected chi connectivity index (χ0v) is 12.6. The van der Waals surface area contributed by atoms with Gasteiger partial charge in [0, 0.05) is 13.2 Å². The summed E-state index contributed by atoms with van der Waals surface area (Å²) < 4.78 is 5.69. The Balaban J connectivity index is 1.86. The van der Waals surface area contributed by atoms with Gasteiger partial charge in [0.2, 0.25) is 5.13 Å². The molecule has 19 heavy (non-hydrogen) atoms.